The van der Waals surface area contributed by atoms with E-state index in [0.717, 1.165) is 16.7 Å². The first kappa shape index (κ1) is 11.0. The van der Waals surface area contributed by atoms with Gasteiger partial charge in [-0.2, -0.15) is 0 Å². The van der Waals surface area contributed by atoms with Crippen molar-refractivity contribution in [2.24, 2.45) is 5.73 Å². The minimum atomic E-state index is -0.568. The largest absolute Gasteiger partial charge is 0.344 e. The number of fused-ring (bicyclic) bond motifs is 1. The molecule has 0 bridgehead atoms. The van der Waals surface area contributed by atoms with Crippen LogP contribution in [0.4, 0.5) is 0 Å². The number of amides is 1. The van der Waals surface area contributed by atoms with Crippen LogP contribution in [0.15, 0.2) is 54.6 Å². The van der Waals surface area contributed by atoms with Gasteiger partial charge in [0.25, 0.3) is 0 Å². The lowest BCUT2D eigenvalue weighted by atomic mass is 9.87. The number of nitrogens with one attached hydrogen (secondary N) is 1. The van der Waals surface area contributed by atoms with Gasteiger partial charge in [-0.25, -0.2) is 0 Å². The molecule has 3 N–H and O–H groups in total. The topological polar surface area (TPSA) is 55.1 Å². The molecule has 2 aromatic rings. The summed E-state index contributed by atoms with van der Waals surface area (Å²) in [6.07, 6.45) is 0. The second-order valence-electron chi connectivity index (χ2n) is 4.46. The Morgan fingerprint density at radius 2 is 1.50 bits per heavy atom. The van der Waals surface area contributed by atoms with Crippen molar-refractivity contribution in [3.8, 4) is 0 Å². The molecular formula is C15H14N2O. The lowest BCUT2D eigenvalue weighted by Crippen LogP contribution is -2.42. The monoisotopic (exact) mass is 238 g/mol. The summed E-state index contributed by atoms with van der Waals surface area (Å²) in [5.74, 6) is -0.123. The summed E-state index contributed by atoms with van der Waals surface area (Å²) in [6, 6.07) is 17.1. The molecule has 1 aliphatic rings. The van der Waals surface area contributed by atoms with E-state index < -0.39 is 6.04 Å². The number of carbonyl (C=O) groups excluding carboxylic acids is 1. The molecule has 0 fully saturated rings. The summed E-state index contributed by atoms with van der Waals surface area (Å²) in [6.45, 7) is 0. The van der Waals surface area contributed by atoms with Crippen molar-refractivity contribution in [1.82, 2.24) is 5.32 Å². The Bertz CT molecular complexity index is 580. The molecule has 0 spiro atoms. The highest BCUT2D eigenvalue weighted by molar-refractivity contribution is 5.86. The van der Waals surface area contributed by atoms with Gasteiger partial charge in [-0.05, 0) is 16.7 Å². The van der Waals surface area contributed by atoms with Gasteiger partial charge in [-0.15, -0.1) is 0 Å². The first-order valence-corrected chi connectivity index (χ1v) is 5.97. The molecule has 1 aliphatic heterocycles. The summed E-state index contributed by atoms with van der Waals surface area (Å²) >= 11 is 0. The Kier molecular flexibility index (Phi) is 2.61. The van der Waals surface area contributed by atoms with E-state index in [9.17, 15) is 4.79 Å². The Morgan fingerprint density at radius 3 is 2.22 bits per heavy atom. The molecule has 0 saturated carbocycles. The smallest absolute Gasteiger partial charge is 0.242 e. The third-order valence-corrected chi connectivity index (χ3v) is 3.34. The minimum absolute atomic E-state index is 0.102. The molecule has 3 heteroatoms. The van der Waals surface area contributed by atoms with Gasteiger partial charge in [0.15, 0.2) is 0 Å². The minimum Gasteiger partial charge on any atom is -0.344 e. The van der Waals surface area contributed by atoms with Gasteiger partial charge in [-0.1, -0.05) is 54.6 Å². The van der Waals surface area contributed by atoms with Crippen LogP contribution < -0.4 is 11.1 Å². The Morgan fingerprint density at radius 1 is 0.889 bits per heavy atom. The maximum Gasteiger partial charge on any atom is 0.242 e. The molecule has 1 amide bonds. The van der Waals surface area contributed by atoms with Gasteiger partial charge in [0, 0.05) is 0 Å². The molecule has 3 rings (SSSR count). The van der Waals surface area contributed by atoms with Crippen molar-refractivity contribution in [2.45, 2.75) is 12.1 Å². The number of rotatable bonds is 1. The molecule has 0 aromatic heterocycles. The van der Waals surface area contributed by atoms with E-state index in [2.05, 4.69) is 5.32 Å². The zero-order chi connectivity index (χ0) is 12.5. The summed E-state index contributed by atoms with van der Waals surface area (Å²) < 4.78 is 0. The molecule has 0 aliphatic carbocycles. The molecule has 18 heavy (non-hydrogen) atoms. The van der Waals surface area contributed by atoms with Crippen molar-refractivity contribution in [3.05, 3.63) is 71.3 Å². The van der Waals surface area contributed by atoms with E-state index in [0.29, 0.717) is 0 Å². The molecule has 1 heterocycles. The van der Waals surface area contributed by atoms with Crippen molar-refractivity contribution in [1.29, 1.82) is 0 Å². The van der Waals surface area contributed by atoms with E-state index in [1.807, 2.05) is 54.6 Å². The third-order valence-electron chi connectivity index (χ3n) is 3.34. The third kappa shape index (κ3) is 1.69. The highest BCUT2D eigenvalue weighted by Crippen LogP contribution is 2.32. The predicted octanol–water partition coefficient (Wildman–Crippen LogP) is 1.91. The zero-order valence-electron chi connectivity index (χ0n) is 9.84. The van der Waals surface area contributed by atoms with Crippen LogP contribution >= 0.6 is 0 Å². The van der Waals surface area contributed by atoms with Crippen LogP contribution in [0.2, 0.25) is 0 Å². The molecule has 90 valence electrons. The molecular weight excluding hydrogens is 224 g/mol. The predicted molar refractivity (Wildman–Crippen MR) is 69.8 cm³/mol. The van der Waals surface area contributed by atoms with Crippen LogP contribution in [-0.2, 0) is 4.79 Å². The fourth-order valence-electron chi connectivity index (χ4n) is 2.42. The summed E-state index contributed by atoms with van der Waals surface area (Å²) in [7, 11) is 0. The maximum atomic E-state index is 11.9. The average Bonchev–Trinajstić information content (AvgIpc) is 2.44. The Balaban J connectivity index is 2.13. The lowest BCUT2D eigenvalue weighted by molar-refractivity contribution is -0.123. The summed E-state index contributed by atoms with van der Waals surface area (Å²) in [4.78, 5) is 11.9. The number of hydrogen-bond acceptors (Lipinski definition) is 2. The fraction of sp³-hybridized carbons (Fsp3) is 0.133. The normalized spacial score (nSPS) is 22.2. The van der Waals surface area contributed by atoms with E-state index in [4.69, 9.17) is 5.73 Å². The molecule has 3 nitrogen and oxygen atoms in total. The SMILES string of the molecule is NC1C(=O)N[C@@H](c2ccccc2)c2ccccc21. The molecule has 1 unspecified atom stereocenters. The molecule has 2 atom stereocenters. The van der Waals surface area contributed by atoms with Gasteiger partial charge >= 0.3 is 0 Å². The first-order chi connectivity index (χ1) is 8.77. The number of benzene rings is 2. The van der Waals surface area contributed by atoms with E-state index in [1.54, 1.807) is 0 Å². The zero-order valence-corrected chi connectivity index (χ0v) is 9.84. The second kappa shape index (κ2) is 4.27. The van der Waals surface area contributed by atoms with E-state index in [-0.39, 0.29) is 11.9 Å². The highest BCUT2D eigenvalue weighted by atomic mass is 16.2. The highest BCUT2D eigenvalue weighted by Gasteiger charge is 2.30. The Labute approximate surface area is 106 Å². The Hall–Kier alpha value is -2.13. The van der Waals surface area contributed by atoms with Gasteiger partial charge < -0.3 is 11.1 Å². The number of carbonyl (C=O) groups is 1. The van der Waals surface area contributed by atoms with Crippen LogP contribution in [0.25, 0.3) is 0 Å². The molecule has 2 aromatic carbocycles. The molecule has 0 saturated heterocycles. The van der Waals surface area contributed by atoms with Crippen LogP contribution in [0.3, 0.4) is 0 Å². The van der Waals surface area contributed by atoms with Crippen LogP contribution in [0, 0.1) is 0 Å². The van der Waals surface area contributed by atoms with Gasteiger partial charge in [0.2, 0.25) is 5.91 Å². The van der Waals surface area contributed by atoms with Crippen molar-refractivity contribution in [3.63, 3.8) is 0 Å². The maximum absolute atomic E-state index is 11.9. The number of nitrogens with two attached hydrogens (primary N) is 1. The van der Waals surface area contributed by atoms with Crippen LogP contribution in [-0.4, -0.2) is 5.91 Å². The van der Waals surface area contributed by atoms with Gasteiger partial charge in [-0.3, -0.25) is 4.79 Å². The standard InChI is InChI=1S/C15H14N2O/c16-13-11-8-4-5-9-12(11)14(17-15(13)18)10-6-2-1-3-7-10/h1-9,13-14H,16H2,(H,17,18)/t13?,14-/m0/s1. The van der Waals surface area contributed by atoms with Crippen LogP contribution in [0.1, 0.15) is 28.8 Å². The fourth-order valence-corrected chi connectivity index (χ4v) is 2.42. The van der Waals surface area contributed by atoms with Crippen molar-refractivity contribution >= 4 is 5.91 Å². The summed E-state index contributed by atoms with van der Waals surface area (Å²) in [5, 5.41) is 2.97. The quantitative estimate of drug-likeness (QED) is 0.797. The molecule has 0 radical (unpaired) electrons. The van der Waals surface area contributed by atoms with Crippen molar-refractivity contribution in [2.75, 3.05) is 0 Å². The number of hydrogen-bond donors (Lipinski definition) is 2. The van der Waals surface area contributed by atoms with Crippen molar-refractivity contribution < 1.29 is 4.79 Å². The second-order valence-corrected chi connectivity index (χ2v) is 4.46. The van der Waals surface area contributed by atoms with E-state index in [1.165, 1.54) is 0 Å². The first-order valence-electron chi connectivity index (χ1n) is 5.97. The van der Waals surface area contributed by atoms with Crippen LogP contribution in [0.5, 0.6) is 0 Å². The average molecular weight is 238 g/mol. The van der Waals surface area contributed by atoms with Gasteiger partial charge in [0.05, 0.1) is 6.04 Å². The van der Waals surface area contributed by atoms with E-state index >= 15 is 0 Å². The summed E-state index contributed by atoms with van der Waals surface area (Å²) in [5.41, 5.74) is 8.98. The lowest BCUT2D eigenvalue weighted by Gasteiger charge is -2.30. The van der Waals surface area contributed by atoms with Gasteiger partial charge in [0.1, 0.15) is 6.04 Å².